The summed E-state index contributed by atoms with van der Waals surface area (Å²) in [7, 11) is -0.529. The van der Waals surface area contributed by atoms with Crippen LogP contribution in [0.15, 0.2) is 23.8 Å². The Labute approximate surface area is 181 Å². The normalized spacial score (nSPS) is 45.3. The van der Waals surface area contributed by atoms with Crippen molar-refractivity contribution in [2.24, 2.45) is 28.6 Å². The molecule has 0 unspecified atom stereocenters. The van der Waals surface area contributed by atoms with E-state index in [1.165, 1.54) is 12.7 Å². The van der Waals surface area contributed by atoms with Gasteiger partial charge in [-0.25, -0.2) is 4.79 Å². The zero-order valence-electron chi connectivity index (χ0n) is 19.2. The molecule has 6 heteroatoms. The highest BCUT2D eigenvalue weighted by atomic mass is 28.4. The Bertz CT molecular complexity index is 826. The zero-order valence-corrected chi connectivity index (χ0v) is 20.2. The summed E-state index contributed by atoms with van der Waals surface area (Å²) in [5.74, 6) is 0.376. The Morgan fingerprint density at radius 1 is 1.23 bits per heavy atom. The van der Waals surface area contributed by atoms with Crippen LogP contribution in [-0.2, 0) is 18.8 Å². The predicted octanol–water partition coefficient (Wildman–Crippen LogP) is 4.03. The van der Waals surface area contributed by atoms with E-state index in [0.29, 0.717) is 18.8 Å². The van der Waals surface area contributed by atoms with Gasteiger partial charge in [-0.1, -0.05) is 25.5 Å². The fraction of sp³-hybridized carbons (Fsp3) is 0.750. The van der Waals surface area contributed by atoms with Crippen molar-refractivity contribution >= 4 is 20.1 Å². The van der Waals surface area contributed by atoms with E-state index in [9.17, 15) is 14.7 Å². The van der Waals surface area contributed by atoms with E-state index < -0.39 is 25.3 Å². The third-order valence-electron chi connectivity index (χ3n) is 8.65. The van der Waals surface area contributed by atoms with Gasteiger partial charge in [-0.15, -0.1) is 0 Å². The lowest BCUT2D eigenvalue weighted by Gasteiger charge is -2.61. The van der Waals surface area contributed by atoms with Crippen LogP contribution in [-0.4, -0.2) is 44.0 Å². The number of rotatable bonds is 3. The largest absolute Gasteiger partial charge is 0.467 e. The van der Waals surface area contributed by atoms with Crippen LogP contribution in [0.2, 0.25) is 19.6 Å². The minimum absolute atomic E-state index is 0.0660. The number of allylic oxidation sites excluding steroid dienone is 4. The molecule has 1 N–H and O–H groups in total. The molecule has 0 spiro atoms. The number of methoxy groups -OCH3 is 1. The van der Waals surface area contributed by atoms with Gasteiger partial charge in [0.05, 0.1) is 7.11 Å². The molecule has 0 aliphatic heterocycles. The summed E-state index contributed by atoms with van der Waals surface area (Å²) in [5.41, 5.74) is -1.04. The number of ketones is 1. The van der Waals surface area contributed by atoms with Gasteiger partial charge in [0.2, 0.25) is 0 Å². The summed E-state index contributed by atoms with van der Waals surface area (Å²) >= 11 is 0. The van der Waals surface area contributed by atoms with Crippen molar-refractivity contribution in [3.63, 3.8) is 0 Å². The summed E-state index contributed by atoms with van der Waals surface area (Å²) < 4.78 is 11.9. The van der Waals surface area contributed by atoms with Crippen molar-refractivity contribution in [2.75, 3.05) is 7.11 Å². The number of aliphatic hydroxyl groups is 1. The fourth-order valence-corrected chi connectivity index (χ4v) is 8.50. The van der Waals surface area contributed by atoms with E-state index in [4.69, 9.17) is 9.16 Å². The molecule has 4 rings (SSSR count). The molecule has 5 nitrogen and oxygen atoms in total. The standard InChI is InChI=1S/C24H36O5Si/c1-22-11-9-16(25)13-15(22)7-8-17-18-10-12-24(27,21(26)28-3)23(18,2)14-19(20(17)22)29-30(4,5)6/h9,11,13,17-20,27H,7-8,10,12,14H2,1-6H3/t17-,18-,19-,20+,22-,23-,24-/m0/s1. The second-order valence-electron chi connectivity index (χ2n) is 11.3. The van der Waals surface area contributed by atoms with Crippen LogP contribution in [0.3, 0.4) is 0 Å². The molecule has 30 heavy (non-hydrogen) atoms. The summed E-state index contributed by atoms with van der Waals surface area (Å²) in [5, 5.41) is 11.6. The maximum Gasteiger partial charge on any atom is 0.338 e. The van der Waals surface area contributed by atoms with Crippen LogP contribution in [0.25, 0.3) is 0 Å². The number of carbonyl (C=O) groups is 2. The van der Waals surface area contributed by atoms with Crippen molar-refractivity contribution in [2.45, 2.75) is 77.3 Å². The fourth-order valence-electron chi connectivity index (χ4n) is 7.36. The third kappa shape index (κ3) is 3.01. The topological polar surface area (TPSA) is 72.8 Å². The van der Waals surface area contributed by atoms with Gasteiger partial charge in [0.25, 0.3) is 0 Å². The van der Waals surface area contributed by atoms with Crippen molar-refractivity contribution in [1.82, 2.24) is 0 Å². The smallest absolute Gasteiger partial charge is 0.338 e. The number of fused-ring (bicyclic) bond motifs is 5. The van der Waals surface area contributed by atoms with Crippen molar-refractivity contribution in [3.05, 3.63) is 23.8 Å². The van der Waals surface area contributed by atoms with Crippen LogP contribution in [0.4, 0.5) is 0 Å². The molecule has 0 saturated heterocycles. The minimum atomic E-state index is -1.89. The predicted molar refractivity (Wildman–Crippen MR) is 117 cm³/mol. The number of hydrogen-bond donors (Lipinski definition) is 1. The molecule has 3 fully saturated rings. The number of esters is 1. The molecule has 4 aliphatic carbocycles. The van der Waals surface area contributed by atoms with Crippen LogP contribution < -0.4 is 0 Å². The Morgan fingerprint density at radius 2 is 1.93 bits per heavy atom. The lowest BCUT2D eigenvalue weighted by atomic mass is 9.46. The van der Waals surface area contributed by atoms with Gasteiger partial charge in [0.15, 0.2) is 19.7 Å². The number of ether oxygens (including phenoxy) is 1. The quantitative estimate of drug-likeness (QED) is 0.538. The first-order chi connectivity index (χ1) is 13.9. The first kappa shape index (κ1) is 22.0. The van der Waals surface area contributed by atoms with Crippen LogP contribution >= 0.6 is 0 Å². The van der Waals surface area contributed by atoms with Crippen molar-refractivity contribution < 1.29 is 23.9 Å². The number of hydrogen-bond acceptors (Lipinski definition) is 5. The monoisotopic (exact) mass is 432 g/mol. The summed E-state index contributed by atoms with van der Waals surface area (Å²) in [6.45, 7) is 10.9. The van der Waals surface area contributed by atoms with Crippen LogP contribution in [0.5, 0.6) is 0 Å². The first-order valence-electron chi connectivity index (χ1n) is 11.3. The van der Waals surface area contributed by atoms with E-state index in [0.717, 1.165) is 19.3 Å². The van der Waals surface area contributed by atoms with E-state index in [2.05, 4.69) is 39.6 Å². The summed E-state index contributed by atoms with van der Waals surface area (Å²) in [6.07, 6.45) is 9.33. The average Bonchev–Trinajstić information content (AvgIpc) is 2.92. The van der Waals surface area contributed by atoms with E-state index >= 15 is 0 Å². The average molecular weight is 433 g/mol. The van der Waals surface area contributed by atoms with Gasteiger partial charge in [0.1, 0.15) is 0 Å². The highest BCUT2D eigenvalue weighted by molar-refractivity contribution is 6.69. The highest BCUT2D eigenvalue weighted by Gasteiger charge is 2.69. The van der Waals surface area contributed by atoms with Crippen molar-refractivity contribution in [3.8, 4) is 0 Å². The van der Waals surface area contributed by atoms with Gasteiger partial charge in [-0.3, -0.25) is 4.79 Å². The second kappa shape index (κ2) is 6.88. The lowest BCUT2D eigenvalue weighted by molar-refractivity contribution is -0.193. The molecule has 166 valence electrons. The van der Waals surface area contributed by atoms with Gasteiger partial charge in [-0.2, -0.15) is 0 Å². The molecule has 0 aromatic carbocycles. The van der Waals surface area contributed by atoms with E-state index in [-0.39, 0.29) is 29.1 Å². The summed E-state index contributed by atoms with van der Waals surface area (Å²) in [4.78, 5) is 24.8. The molecule has 0 amide bonds. The SMILES string of the molecule is COC(=O)[C@@]1(O)CC[C@H]2[C@@H]3CCC4=CC(=O)C=C[C@]4(C)[C@H]3[C@@H](O[Si](C)(C)C)C[C@@]21C. The third-order valence-corrected chi connectivity index (χ3v) is 9.66. The van der Waals surface area contributed by atoms with Crippen LogP contribution in [0, 0.1) is 28.6 Å². The minimum Gasteiger partial charge on any atom is -0.467 e. The molecule has 7 atom stereocenters. The second-order valence-corrected chi connectivity index (χ2v) is 15.8. The molecule has 0 bridgehead atoms. The molecule has 0 aromatic rings. The molecule has 0 aromatic heterocycles. The zero-order chi connectivity index (χ0) is 22.1. The van der Waals surface area contributed by atoms with E-state index in [1.807, 2.05) is 6.08 Å². The lowest BCUT2D eigenvalue weighted by Crippen LogP contribution is -2.62. The van der Waals surface area contributed by atoms with Gasteiger partial charge >= 0.3 is 5.97 Å². The Kier molecular flexibility index (Phi) is 5.04. The molecular formula is C24H36O5Si. The Morgan fingerprint density at radius 3 is 2.57 bits per heavy atom. The van der Waals surface area contributed by atoms with Crippen molar-refractivity contribution in [1.29, 1.82) is 0 Å². The van der Waals surface area contributed by atoms with Crippen LogP contribution in [0.1, 0.15) is 46.0 Å². The van der Waals surface area contributed by atoms with Gasteiger partial charge < -0.3 is 14.3 Å². The molecule has 0 heterocycles. The highest BCUT2D eigenvalue weighted by Crippen LogP contribution is 2.67. The Hall–Kier alpha value is -1.24. The number of carbonyl (C=O) groups excluding carboxylic acids is 2. The first-order valence-corrected chi connectivity index (χ1v) is 14.7. The maximum absolute atomic E-state index is 12.7. The van der Waals surface area contributed by atoms with Gasteiger partial charge in [-0.05, 0) is 81.7 Å². The Balaban J connectivity index is 1.81. The maximum atomic E-state index is 12.7. The molecular weight excluding hydrogens is 396 g/mol. The molecule has 0 radical (unpaired) electrons. The molecule has 4 aliphatic rings. The molecule has 3 saturated carbocycles. The van der Waals surface area contributed by atoms with E-state index in [1.54, 1.807) is 6.08 Å². The van der Waals surface area contributed by atoms with Gasteiger partial charge in [0, 0.05) is 16.9 Å². The summed E-state index contributed by atoms with van der Waals surface area (Å²) in [6, 6.07) is 0.